The first kappa shape index (κ1) is 33.4. The third kappa shape index (κ3) is 7.37. The Morgan fingerprint density at radius 1 is 0.851 bits per heavy atom. The topological polar surface area (TPSA) is 193 Å². The highest BCUT2D eigenvalue weighted by Gasteiger charge is 2.33. The maximum atomic E-state index is 14.7. The van der Waals surface area contributed by atoms with Crippen LogP contribution in [0.25, 0.3) is 21.8 Å². The molecule has 2 heterocycles. The first-order chi connectivity index (χ1) is 22.3. The molecule has 0 aliphatic carbocycles. The summed E-state index contributed by atoms with van der Waals surface area (Å²) in [6.45, 7) is 1.33. The lowest BCUT2D eigenvalue weighted by Gasteiger charge is -2.24. The van der Waals surface area contributed by atoms with Crippen molar-refractivity contribution in [3.63, 3.8) is 0 Å². The molecule has 47 heavy (non-hydrogen) atoms. The van der Waals surface area contributed by atoms with Gasteiger partial charge in [-0.05, 0) is 56.0 Å². The quantitative estimate of drug-likeness (QED) is 0.127. The van der Waals surface area contributed by atoms with E-state index in [9.17, 15) is 41.2 Å². The molecule has 5 aromatic rings. The molecule has 0 atom stereocenters. The largest absolute Gasteiger partial charge is 0.492 e. The van der Waals surface area contributed by atoms with Gasteiger partial charge in [-0.2, -0.15) is 8.42 Å². The van der Waals surface area contributed by atoms with Crippen molar-refractivity contribution in [2.45, 2.75) is 37.5 Å². The van der Waals surface area contributed by atoms with Crippen LogP contribution in [0, 0.1) is 6.92 Å². The molecule has 3 aromatic carbocycles. The van der Waals surface area contributed by atoms with Gasteiger partial charge in [0.25, 0.3) is 26.0 Å². The number of carbonyl (C=O) groups excluding carboxylic acids is 2. The van der Waals surface area contributed by atoms with Gasteiger partial charge in [0, 0.05) is 35.9 Å². The molecule has 0 unspecified atom stereocenters. The molecule has 15 heteroatoms. The Hall–Kier alpha value is -4.99. The second-order valence-electron chi connectivity index (χ2n) is 10.8. The van der Waals surface area contributed by atoms with Crippen molar-refractivity contribution in [3.8, 4) is 11.8 Å². The number of hydrogen-bond acceptors (Lipinski definition) is 10. The number of pyridine rings is 1. The predicted molar refractivity (Wildman–Crippen MR) is 172 cm³/mol. The minimum absolute atomic E-state index is 0.0218. The summed E-state index contributed by atoms with van der Waals surface area (Å²) in [6, 6.07) is 19.9. The highest BCUT2D eigenvalue weighted by molar-refractivity contribution is 7.89. The van der Waals surface area contributed by atoms with Gasteiger partial charge in [0.2, 0.25) is 11.8 Å². The molecule has 3 N–H and O–H groups in total. The van der Waals surface area contributed by atoms with Gasteiger partial charge >= 0.3 is 5.97 Å². The van der Waals surface area contributed by atoms with E-state index in [0.29, 0.717) is 36.4 Å². The van der Waals surface area contributed by atoms with Crippen molar-refractivity contribution >= 4 is 53.8 Å². The Kier molecular flexibility index (Phi) is 9.51. The summed E-state index contributed by atoms with van der Waals surface area (Å²) in [5.41, 5.74) is 2.13. The van der Waals surface area contributed by atoms with Crippen LogP contribution in [0.2, 0.25) is 0 Å². The van der Waals surface area contributed by atoms with Gasteiger partial charge in [-0.15, -0.1) is 4.73 Å². The van der Waals surface area contributed by atoms with Crippen LogP contribution in [0.1, 0.15) is 40.7 Å². The minimum Gasteiger partial charge on any atom is -0.492 e. The van der Waals surface area contributed by atoms with Crippen LogP contribution in [0.4, 0.5) is 0 Å². The van der Waals surface area contributed by atoms with E-state index in [4.69, 9.17) is 4.84 Å². The number of aryl methyl sites for hydroxylation is 2. The summed E-state index contributed by atoms with van der Waals surface area (Å²) in [5, 5.41) is 20.2. The SMILES string of the molecule is Cc1ccc(S(=O)(=O)N(CCCC(=O)On2c(O)ccc2O)C(=O)c2c3ccccc3nc3cccc(CCCS(=O)(=O)O)c23)cc1. The van der Waals surface area contributed by atoms with Crippen LogP contribution in [0.5, 0.6) is 11.8 Å². The van der Waals surface area contributed by atoms with Gasteiger partial charge < -0.3 is 15.1 Å². The number of benzene rings is 3. The minimum atomic E-state index is -4.50. The molecule has 1 amide bonds. The zero-order chi connectivity index (χ0) is 33.9. The second-order valence-corrected chi connectivity index (χ2v) is 14.2. The summed E-state index contributed by atoms with van der Waals surface area (Å²) in [4.78, 5) is 36.7. The van der Waals surface area contributed by atoms with Gasteiger partial charge in [0.15, 0.2) is 0 Å². The molecule has 5 rings (SSSR count). The highest BCUT2D eigenvalue weighted by Crippen LogP contribution is 2.32. The number of amides is 1. The van der Waals surface area contributed by atoms with Crippen LogP contribution in [0.15, 0.2) is 83.8 Å². The lowest BCUT2D eigenvalue weighted by atomic mass is 9.95. The van der Waals surface area contributed by atoms with E-state index in [0.717, 1.165) is 17.7 Å². The number of hydrogen-bond donors (Lipinski definition) is 3. The summed E-state index contributed by atoms with van der Waals surface area (Å²) in [6.07, 6.45) is -0.408. The standard InChI is InChI=1S/C32H31N3O10S2/c1-21-13-15-23(16-14-21)47(43,44)34(19-5-12-29(38)45-35-27(36)17-18-28(35)37)32(39)31-24-9-2-3-10-25(24)33-26-11-4-7-22(30(26)31)8-6-20-46(40,41)42/h2-4,7,9-11,13-18,36-37H,5-6,8,12,19-20H2,1H3,(H,40,41,42). The Bertz CT molecular complexity index is 2180. The summed E-state index contributed by atoms with van der Waals surface area (Å²) in [5.74, 6) is -3.38. The number of rotatable bonds is 12. The molecule has 0 saturated carbocycles. The molecular weight excluding hydrogens is 650 g/mol. The number of para-hydroxylation sites is 1. The fraction of sp³-hybridized carbons (Fsp3) is 0.219. The number of aromatic hydroxyl groups is 2. The molecular formula is C32H31N3O10S2. The van der Waals surface area contributed by atoms with E-state index in [-0.39, 0.29) is 36.1 Å². The van der Waals surface area contributed by atoms with E-state index in [1.165, 1.54) is 12.1 Å². The molecule has 0 aliphatic heterocycles. The number of carbonyl (C=O) groups is 2. The average molecular weight is 682 g/mol. The first-order valence-corrected chi connectivity index (χ1v) is 17.5. The summed E-state index contributed by atoms with van der Waals surface area (Å²) in [7, 11) is -8.75. The van der Waals surface area contributed by atoms with Crippen molar-refractivity contribution in [1.82, 2.24) is 14.0 Å². The lowest BCUT2D eigenvalue weighted by molar-refractivity contribution is -0.145. The van der Waals surface area contributed by atoms with Gasteiger partial charge in [-0.3, -0.25) is 9.35 Å². The normalized spacial score (nSPS) is 12.0. The number of sulfonamides is 1. The Labute approximate surface area is 270 Å². The molecule has 0 aliphatic rings. The van der Waals surface area contributed by atoms with Crippen molar-refractivity contribution < 1.29 is 46.0 Å². The third-order valence-corrected chi connectivity index (χ3v) is 10.0. The second kappa shape index (κ2) is 13.4. The lowest BCUT2D eigenvalue weighted by Crippen LogP contribution is -2.38. The van der Waals surface area contributed by atoms with E-state index in [1.807, 2.05) is 0 Å². The fourth-order valence-corrected chi connectivity index (χ4v) is 7.12. The number of nitrogens with zero attached hydrogens (tertiary/aromatic N) is 3. The van der Waals surface area contributed by atoms with Crippen molar-refractivity contribution in [2.24, 2.45) is 0 Å². The zero-order valence-corrected chi connectivity index (χ0v) is 26.7. The molecule has 246 valence electrons. The molecule has 0 spiro atoms. The van der Waals surface area contributed by atoms with E-state index >= 15 is 0 Å². The first-order valence-electron chi connectivity index (χ1n) is 14.5. The maximum absolute atomic E-state index is 14.7. The number of aromatic nitrogens is 2. The summed E-state index contributed by atoms with van der Waals surface area (Å²) >= 11 is 0. The summed E-state index contributed by atoms with van der Waals surface area (Å²) < 4.78 is 61.6. The molecule has 0 fully saturated rings. The van der Waals surface area contributed by atoms with Crippen LogP contribution in [-0.2, 0) is 31.4 Å². The maximum Gasteiger partial charge on any atom is 0.333 e. The zero-order valence-electron chi connectivity index (χ0n) is 25.1. The van der Waals surface area contributed by atoms with Gasteiger partial charge in [0.1, 0.15) is 0 Å². The van der Waals surface area contributed by atoms with E-state index < -0.39 is 56.1 Å². The molecule has 2 aromatic heterocycles. The van der Waals surface area contributed by atoms with Crippen molar-refractivity contribution in [3.05, 3.63) is 95.6 Å². The van der Waals surface area contributed by atoms with Crippen LogP contribution in [-0.4, -0.2) is 69.8 Å². The Balaban J connectivity index is 1.58. The number of fused-ring (bicyclic) bond motifs is 2. The smallest absolute Gasteiger partial charge is 0.333 e. The van der Waals surface area contributed by atoms with E-state index in [2.05, 4.69) is 4.98 Å². The monoisotopic (exact) mass is 681 g/mol. The molecule has 13 nitrogen and oxygen atoms in total. The van der Waals surface area contributed by atoms with E-state index in [1.54, 1.807) is 61.5 Å². The molecule has 0 radical (unpaired) electrons. The van der Waals surface area contributed by atoms with Crippen LogP contribution in [0.3, 0.4) is 0 Å². The Morgan fingerprint density at radius 2 is 1.51 bits per heavy atom. The highest BCUT2D eigenvalue weighted by atomic mass is 32.2. The third-order valence-electron chi connectivity index (χ3n) is 7.42. The van der Waals surface area contributed by atoms with Crippen molar-refractivity contribution in [2.75, 3.05) is 12.3 Å². The van der Waals surface area contributed by atoms with Crippen LogP contribution >= 0.6 is 0 Å². The van der Waals surface area contributed by atoms with Crippen molar-refractivity contribution in [1.29, 1.82) is 0 Å². The molecule has 0 bridgehead atoms. The van der Waals surface area contributed by atoms with Gasteiger partial charge in [0.05, 0.1) is 27.2 Å². The van der Waals surface area contributed by atoms with Gasteiger partial charge in [-0.25, -0.2) is 22.5 Å². The Morgan fingerprint density at radius 3 is 2.19 bits per heavy atom. The van der Waals surface area contributed by atoms with Crippen LogP contribution < -0.4 is 4.84 Å². The predicted octanol–water partition coefficient (Wildman–Crippen LogP) is 4.00. The fourth-order valence-electron chi connectivity index (χ4n) is 5.19. The average Bonchev–Trinajstić information content (AvgIpc) is 3.33. The van der Waals surface area contributed by atoms with Gasteiger partial charge in [-0.1, -0.05) is 48.0 Å². The molecule has 0 saturated heterocycles.